The minimum absolute atomic E-state index is 0.0563. The van der Waals surface area contributed by atoms with E-state index in [1.165, 1.54) is 7.11 Å². The van der Waals surface area contributed by atoms with Crippen LogP contribution in [0.25, 0.3) is 0 Å². The van der Waals surface area contributed by atoms with Gasteiger partial charge >= 0.3 is 5.97 Å². The molecule has 0 saturated heterocycles. The van der Waals surface area contributed by atoms with Crippen molar-refractivity contribution in [3.63, 3.8) is 0 Å². The Morgan fingerprint density at radius 2 is 2.07 bits per heavy atom. The third-order valence-electron chi connectivity index (χ3n) is 5.53. The lowest BCUT2D eigenvalue weighted by atomic mass is 9.89. The molecule has 166 valence electrons. The summed E-state index contributed by atoms with van der Waals surface area (Å²) in [6.45, 7) is 6.31. The number of carbonyl (C=O) groups is 1. The fourth-order valence-electron chi connectivity index (χ4n) is 3.85. The Morgan fingerprint density at radius 1 is 1.28 bits per heavy atom. The number of esters is 1. The second-order valence-corrected chi connectivity index (χ2v) is 7.83. The third-order valence-corrected chi connectivity index (χ3v) is 5.53. The fraction of sp³-hybridized carbons (Fsp3) is 0.708. The van der Waals surface area contributed by atoms with Gasteiger partial charge in [0.2, 0.25) is 0 Å². The normalized spacial score (nSPS) is 25.7. The quantitative estimate of drug-likeness (QED) is 0.239. The first kappa shape index (κ1) is 25.6. The average Bonchev–Trinajstić information content (AvgIpc) is 3.01. The van der Waals surface area contributed by atoms with Crippen LogP contribution in [0, 0.1) is 11.8 Å². The number of allylic oxidation sites excluding steroid dienone is 2. The van der Waals surface area contributed by atoms with Crippen molar-refractivity contribution < 1.29 is 24.5 Å². The van der Waals surface area contributed by atoms with Crippen LogP contribution in [0.1, 0.15) is 64.7 Å². The van der Waals surface area contributed by atoms with E-state index in [9.17, 15) is 15.0 Å². The van der Waals surface area contributed by atoms with Gasteiger partial charge in [-0.2, -0.15) is 0 Å². The van der Waals surface area contributed by atoms with Crippen LogP contribution in [0.4, 0.5) is 0 Å². The molecule has 0 aromatic heterocycles. The van der Waals surface area contributed by atoms with Gasteiger partial charge in [0.15, 0.2) is 0 Å². The van der Waals surface area contributed by atoms with Gasteiger partial charge in [-0.05, 0) is 31.6 Å². The van der Waals surface area contributed by atoms with Crippen molar-refractivity contribution in [2.75, 3.05) is 13.7 Å². The number of rotatable bonds is 15. The number of aliphatic hydroxyl groups excluding tert-OH is 2. The molecule has 0 bridgehead atoms. The summed E-state index contributed by atoms with van der Waals surface area (Å²) >= 11 is 0. The molecule has 0 aromatic rings. The number of hydrogen-bond acceptors (Lipinski definition) is 5. The molecule has 0 aromatic carbocycles. The van der Waals surface area contributed by atoms with Crippen molar-refractivity contribution in [2.24, 2.45) is 11.8 Å². The number of carbonyl (C=O) groups excluding carboxylic acids is 1. The summed E-state index contributed by atoms with van der Waals surface area (Å²) in [6.07, 6.45) is 16.2. The first-order valence-corrected chi connectivity index (χ1v) is 11.0. The number of unbranched alkanes of at least 4 members (excludes halogenated alkanes) is 3. The van der Waals surface area contributed by atoms with Crippen LogP contribution < -0.4 is 0 Å². The van der Waals surface area contributed by atoms with Crippen molar-refractivity contribution in [1.82, 2.24) is 0 Å². The smallest absolute Gasteiger partial charge is 0.305 e. The van der Waals surface area contributed by atoms with Crippen LogP contribution >= 0.6 is 0 Å². The minimum atomic E-state index is -0.450. The number of aliphatic hydroxyl groups is 2. The molecule has 0 radical (unpaired) electrons. The molecule has 5 unspecified atom stereocenters. The first-order chi connectivity index (χ1) is 14.0. The van der Waals surface area contributed by atoms with E-state index in [4.69, 9.17) is 4.74 Å². The SMILES string of the molecule is C=CCOC1CC(O)C(CC=CCCCC(=O)OC)C1C=CC(O)CCCCC. The predicted octanol–water partition coefficient (Wildman–Crippen LogP) is 4.34. The molecule has 0 amide bonds. The molecule has 5 atom stereocenters. The van der Waals surface area contributed by atoms with Crippen LogP contribution in [-0.4, -0.2) is 48.2 Å². The van der Waals surface area contributed by atoms with Crippen LogP contribution in [0.15, 0.2) is 37.0 Å². The molecule has 1 fully saturated rings. The van der Waals surface area contributed by atoms with Gasteiger partial charge in [0.1, 0.15) is 0 Å². The molecular formula is C24H40O5. The Hall–Kier alpha value is -1.43. The summed E-state index contributed by atoms with van der Waals surface area (Å²) in [5.41, 5.74) is 0. The number of ether oxygens (including phenoxy) is 2. The summed E-state index contributed by atoms with van der Waals surface area (Å²) in [4.78, 5) is 11.1. The van der Waals surface area contributed by atoms with Gasteiger partial charge in [-0.25, -0.2) is 0 Å². The van der Waals surface area contributed by atoms with Gasteiger partial charge in [-0.1, -0.05) is 56.6 Å². The lowest BCUT2D eigenvalue weighted by Gasteiger charge is -2.22. The van der Waals surface area contributed by atoms with E-state index in [-0.39, 0.29) is 23.9 Å². The number of hydrogen-bond donors (Lipinski definition) is 2. The van der Waals surface area contributed by atoms with Gasteiger partial charge in [0.25, 0.3) is 0 Å². The van der Waals surface area contributed by atoms with Crippen molar-refractivity contribution in [2.45, 2.75) is 83.0 Å². The Morgan fingerprint density at radius 3 is 2.76 bits per heavy atom. The van der Waals surface area contributed by atoms with Gasteiger partial charge in [0, 0.05) is 18.8 Å². The molecule has 1 saturated carbocycles. The second kappa shape index (κ2) is 15.4. The highest BCUT2D eigenvalue weighted by Crippen LogP contribution is 2.38. The fourth-order valence-corrected chi connectivity index (χ4v) is 3.85. The largest absolute Gasteiger partial charge is 0.469 e. The maximum atomic E-state index is 11.1. The third kappa shape index (κ3) is 10.2. The minimum Gasteiger partial charge on any atom is -0.469 e. The summed E-state index contributed by atoms with van der Waals surface area (Å²) in [7, 11) is 1.40. The maximum absolute atomic E-state index is 11.1. The van der Waals surface area contributed by atoms with Crippen LogP contribution in [-0.2, 0) is 14.3 Å². The summed E-state index contributed by atoms with van der Waals surface area (Å²) in [6, 6.07) is 0. The van der Waals surface area contributed by atoms with E-state index >= 15 is 0 Å². The van der Waals surface area contributed by atoms with E-state index in [1.54, 1.807) is 6.08 Å². The Bertz CT molecular complexity index is 513. The van der Waals surface area contributed by atoms with Crippen LogP contribution in [0.5, 0.6) is 0 Å². The lowest BCUT2D eigenvalue weighted by molar-refractivity contribution is -0.140. The summed E-state index contributed by atoms with van der Waals surface area (Å²) in [5.74, 6) is -0.0687. The highest BCUT2D eigenvalue weighted by molar-refractivity contribution is 5.69. The highest BCUT2D eigenvalue weighted by atomic mass is 16.5. The zero-order chi connectivity index (χ0) is 21.5. The van der Waals surface area contributed by atoms with E-state index < -0.39 is 12.2 Å². The zero-order valence-corrected chi connectivity index (χ0v) is 18.2. The maximum Gasteiger partial charge on any atom is 0.305 e. The first-order valence-electron chi connectivity index (χ1n) is 11.0. The Balaban J connectivity index is 2.62. The highest BCUT2D eigenvalue weighted by Gasteiger charge is 2.40. The van der Waals surface area contributed by atoms with E-state index in [0.29, 0.717) is 19.4 Å². The van der Waals surface area contributed by atoms with Gasteiger partial charge in [-0.3, -0.25) is 4.79 Å². The monoisotopic (exact) mass is 408 g/mol. The molecule has 0 heterocycles. The Kier molecular flexibility index (Phi) is 13.6. The van der Waals surface area contributed by atoms with Crippen LogP contribution in [0.3, 0.4) is 0 Å². The molecule has 0 aliphatic heterocycles. The van der Waals surface area contributed by atoms with Crippen molar-refractivity contribution in [3.05, 3.63) is 37.0 Å². The predicted molar refractivity (Wildman–Crippen MR) is 116 cm³/mol. The summed E-state index contributed by atoms with van der Waals surface area (Å²) in [5, 5.41) is 20.8. The van der Waals surface area contributed by atoms with Crippen molar-refractivity contribution in [3.8, 4) is 0 Å². The van der Waals surface area contributed by atoms with Crippen molar-refractivity contribution in [1.29, 1.82) is 0 Å². The molecule has 0 spiro atoms. The lowest BCUT2D eigenvalue weighted by Crippen LogP contribution is -2.22. The molecule has 5 nitrogen and oxygen atoms in total. The standard InChI is InChI=1S/C24H40O5/c1-4-6-9-12-19(25)15-16-21-20(22(26)18-23(21)29-17-5-2)13-10-7-8-11-14-24(27)28-3/h5,7,10,15-16,19-23,25-26H,2,4,6,8-9,11-14,17-18H2,1,3H3. The van der Waals surface area contributed by atoms with Crippen LogP contribution in [0.2, 0.25) is 0 Å². The second-order valence-electron chi connectivity index (χ2n) is 7.83. The molecule has 1 rings (SSSR count). The molecular weight excluding hydrogens is 368 g/mol. The topological polar surface area (TPSA) is 76.0 Å². The average molecular weight is 409 g/mol. The van der Waals surface area contributed by atoms with Gasteiger partial charge in [0.05, 0.1) is 32.0 Å². The summed E-state index contributed by atoms with van der Waals surface area (Å²) < 4.78 is 10.5. The molecule has 2 N–H and O–H groups in total. The Labute approximate surface area is 176 Å². The molecule has 5 heteroatoms. The van der Waals surface area contributed by atoms with E-state index in [2.05, 4.69) is 30.4 Å². The molecule has 1 aliphatic rings. The van der Waals surface area contributed by atoms with E-state index in [0.717, 1.165) is 44.9 Å². The van der Waals surface area contributed by atoms with Gasteiger partial charge < -0.3 is 19.7 Å². The molecule has 1 aliphatic carbocycles. The number of methoxy groups -OCH3 is 1. The van der Waals surface area contributed by atoms with Gasteiger partial charge in [-0.15, -0.1) is 6.58 Å². The zero-order valence-electron chi connectivity index (χ0n) is 18.2. The van der Waals surface area contributed by atoms with E-state index in [1.807, 2.05) is 12.2 Å². The van der Waals surface area contributed by atoms with Crippen molar-refractivity contribution >= 4 is 5.97 Å². The molecule has 29 heavy (non-hydrogen) atoms.